The third kappa shape index (κ3) is 3.98. The van der Waals surface area contributed by atoms with Gasteiger partial charge in [0.2, 0.25) is 5.91 Å². The van der Waals surface area contributed by atoms with Crippen LogP contribution in [-0.2, 0) is 17.8 Å². The smallest absolute Gasteiger partial charge is 0.237 e. The fraction of sp³-hybridized carbons (Fsp3) is 0.588. The van der Waals surface area contributed by atoms with Crippen LogP contribution in [0.25, 0.3) is 0 Å². The Bertz CT molecular complexity index is 483. The molecule has 0 radical (unpaired) electrons. The number of fused-ring (bicyclic) bond motifs is 1. The van der Waals surface area contributed by atoms with E-state index < -0.39 is 0 Å². The van der Waals surface area contributed by atoms with Crippen LogP contribution in [0.2, 0.25) is 0 Å². The second-order valence-corrected chi connectivity index (χ2v) is 6.37. The van der Waals surface area contributed by atoms with E-state index in [0.717, 1.165) is 31.7 Å². The van der Waals surface area contributed by atoms with E-state index in [1.165, 1.54) is 24.0 Å². The first-order valence-corrected chi connectivity index (χ1v) is 7.83. The Balaban J connectivity index is 0.00000161. The van der Waals surface area contributed by atoms with Crippen LogP contribution in [0, 0.1) is 5.92 Å². The Labute approximate surface area is 133 Å². The predicted molar refractivity (Wildman–Crippen MR) is 87.6 cm³/mol. The number of amides is 1. The minimum absolute atomic E-state index is 0. The molecule has 0 aromatic heterocycles. The van der Waals surface area contributed by atoms with Gasteiger partial charge in [-0.2, -0.15) is 0 Å². The molecule has 0 bridgehead atoms. The number of carbonyl (C=O) groups is 1. The van der Waals surface area contributed by atoms with E-state index in [2.05, 4.69) is 41.8 Å². The van der Waals surface area contributed by atoms with Crippen molar-refractivity contribution in [2.75, 3.05) is 0 Å². The highest BCUT2D eigenvalue weighted by Gasteiger charge is 2.26. The molecular formula is C17H25ClN2O. The maximum atomic E-state index is 12.4. The minimum atomic E-state index is -0.0655. The molecule has 21 heavy (non-hydrogen) atoms. The van der Waals surface area contributed by atoms with Gasteiger partial charge in [-0.3, -0.25) is 4.79 Å². The van der Waals surface area contributed by atoms with Gasteiger partial charge in [-0.15, -0.1) is 12.4 Å². The molecule has 2 N–H and O–H groups in total. The number of rotatable bonds is 2. The Kier molecular flexibility index (Phi) is 5.65. The molecule has 3 rings (SSSR count). The van der Waals surface area contributed by atoms with E-state index in [1.54, 1.807) is 0 Å². The molecule has 0 spiro atoms. The highest BCUT2D eigenvalue weighted by Crippen LogP contribution is 2.24. The van der Waals surface area contributed by atoms with Gasteiger partial charge < -0.3 is 10.6 Å². The van der Waals surface area contributed by atoms with Gasteiger partial charge in [0.25, 0.3) is 0 Å². The van der Waals surface area contributed by atoms with E-state index in [0.29, 0.717) is 6.04 Å². The summed E-state index contributed by atoms with van der Waals surface area (Å²) < 4.78 is 0. The van der Waals surface area contributed by atoms with Gasteiger partial charge in [-0.25, -0.2) is 0 Å². The summed E-state index contributed by atoms with van der Waals surface area (Å²) >= 11 is 0. The van der Waals surface area contributed by atoms with Crippen LogP contribution in [0.3, 0.4) is 0 Å². The standard InChI is InChI=1S/C17H24N2O.ClH/c1-12-6-8-15(9-7-12)19-17(20)16-10-13-4-2-3-5-14(13)11-18-16;/h2-5,12,15-16,18H,6-11H2,1H3,(H,19,20);1H. The van der Waals surface area contributed by atoms with E-state index in [1.807, 2.05) is 0 Å². The van der Waals surface area contributed by atoms with E-state index in [-0.39, 0.29) is 24.4 Å². The summed E-state index contributed by atoms with van der Waals surface area (Å²) in [6, 6.07) is 8.71. The van der Waals surface area contributed by atoms with Crippen molar-refractivity contribution in [1.82, 2.24) is 10.6 Å². The lowest BCUT2D eigenvalue weighted by molar-refractivity contribution is -0.124. The molecule has 1 aromatic rings. The van der Waals surface area contributed by atoms with Crippen molar-refractivity contribution >= 4 is 18.3 Å². The summed E-state index contributed by atoms with van der Waals surface area (Å²) in [5.74, 6) is 1.00. The average molecular weight is 309 g/mol. The predicted octanol–water partition coefficient (Wildman–Crippen LogP) is 2.82. The van der Waals surface area contributed by atoms with Crippen LogP contribution in [0.15, 0.2) is 24.3 Å². The molecule has 1 aliphatic carbocycles. The average Bonchev–Trinajstić information content (AvgIpc) is 2.49. The molecule has 1 aromatic carbocycles. The molecule has 1 heterocycles. The van der Waals surface area contributed by atoms with E-state index in [9.17, 15) is 4.79 Å². The zero-order valence-corrected chi connectivity index (χ0v) is 13.4. The lowest BCUT2D eigenvalue weighted by Gasteiger charge is -2.30. The maximum absolute atomic E-state index is 12.4. The fourth-order valence-electron chi connectivity index (χ4n) is 3.35. The van der Waals surface area contributed by atoms with Crippen molar-refractivity contribution in [3.05, 3.63) is 35.4 Å². The fourth-order valence-corrected chi connectivity index (χ4v) is 3.35. The van der Waals surface area contributed by atoms with Crippen molar-refractivity contribution < 1.29 is 4.79 Å². The normalized spacial score (nSPS) is 28.1. The third-order valence-electron chi connectivity index (χ3n) is 4.76. The molecule has 1 fully saturated rings. The van der Waals surface area contributed by atoms with Gasteiger partial charge in [0.1, 0.15) is 0 Å². The van der Waals surface area contributed by atoms with Crippen LogP contribution in [-0.4, -0.2) is 18.0 Å². The molecule has 1 atom stereocenters. The molecule has 1 saturated carbocycles. The number of carbonyl (C=O) groups excluding carboxylic acids is 1. The summed E-state index contributed by atoms with van der Waals surface area (Å²) in [5.41, 5.74) is 2.63. The molecule has 3 nitrogen and oxygen atoms in total. The number of benzene rings is 1. The zero-order valence-electron chi connectivity index (χ0n) is 12.6. The lowest BCUT2D eigenvalue weighted by Crippen LogP contribution is -2.51. The molecule has 4 heteroatoms. The van der Waals surface area contributed by atoms with Gasteiger partial charge in [0, 0.05) is 12.6 Å². The zero-order chi connectivity index (χ0) is 13.9. The first kappa shape index (κ1) is 16.3. The van der Waals surface area contributed by atoms with Gasteiger partial charge >= 0.3 is 0 Å². The maximum Gasteiger partial charge on any atom is 0.237 e. The van der Waals surface area contributed by atoms with Gasteiger partial charge in [-0.05, 0) is 49.1 Å². The van der Waals surface area contributed by atoms with Crippen molar-refractivity contribution in [3.63, 3.8) is 0 Å². The van der Waals surface area contributed by atoms with Crippen LogP contribution >= 0.6 is 12.4 Å². The van der Waals surface area contributed by atoms with E-state index >= 15 is 0 Å². The van der Waals surface area contributed by atoms with Gasteiger partial charge in [-0.1, -0.05) is 31.2 Å². The molecule has 1 amide bonds. The van der Waals surface area contributed by atoms with E-state index in [4.69, 9.17) is 0 Å². The minimum Gasteiger partial charge on any atom is -0.352 e. The summed E-state index contributed by atoms with van der Waals surface area (Å²) in [6.07, 6.45) is 5.56. The first-order valence-electron chi connectivity index (χ1n) is 7.83. The quantitative estimate of drug-likeness (QED) is 0.882. The number of halogens is 1. The Morgan fingerprint density at radius 3 is 2.52 bits per heavy atom. The summed E-state index contributed by atoms with van der Waals surface area (Å²) in [6.45, 7) is 3.10. The number of hydrogen-bond acceptors (Lipinski definition) is 2. The van der Waals surface area contributed by atoms with Crippen molar-refractivity contribution in [2.45, 2.75) is 57.7 Å². The lowest BCUT2D eigenvalue weighted by atomic mass is 9.87. The molecule has 1 aliphatic heterocycles. The van der Waals surface area contributed by atoms with Gasteiger partial charge in [0.05, 0.1) is 6.04 Å². The van der Waals surface area contributed by atoms with Crippen molar-refractivity contribution in [1.29, 1.82) is 0 Å². The van der Waals surface area contributed by atoms with Crippen molar-refractivity contribution in [2.24, 2.45) is 5.92 Å². The summed E-state index contributed by atoms with van der Waals surface area (Å²) in [4.78, 5) is 12.4. The topological polar surface area (TPSA) is 41.1 Å². The monoisotopic (exact) mass is 308 g/mol. The first-order chi connectivity index (χ1) is 9.72. The van der Waals surface area contributed by atoms with Crippen LogP contribution < -0.4 is 10.6 Å². The Morgan fingerprint density at radius 2 is 1.81 bits per heavy atom. The van der Waals surface area contributed by atoms with Crippen LogP contribution in [0.1, 0.15) is 43.7 Å². The molecular weight excluding hydrogens is 284 g/mol. The molecule has 2 aliphatic rings. The van der Waals surface area contributed by atoms with Crippen LogP contribution in [0.5, 0.6) is 0 Å². The third-order valence-corrected chi connectivity index (χ3v) is 4.76. The van der Waals surface area contributed by atoms with Crippen molar-refractivity contribution in [3.8, 4) is 0 Å². The second-order valence-electron chi connectivity index (χ2n) is 6.37. The highest BCUT2D eigenvalue weighted by atomic mass is 35.5. The summed E-state index contributed by atoms with van der Waals surface area (Å²) in [7, 11) is 0. The number of nitrogens with one attached hydrogen (secondary N) is 2. The summed E-state index contributed by atoms with van der Waals surface area (Å²) in [5, 5.41) is 6.60. The SMILES string of the molecule is CC1CCC(NC(=O)C2Cc3ccccc3CN2)CC1.Cl. The largest absolute Gasteiger partial charge is 0.352 e. The Hall–Kier alpha value is -1.06. The van der Waals surface area contributed by atoms with Gasteiger partial charge in [0.15, 0.2) is 0 Å². The molecule has 0 saturated heterocycles. The van der Waals surface area contributed by atoms with Crippen LogP contribution in [0.4, 0.5) is 0 Å². The molecule has 116 valence electrons. The number of hydrogen-bond donors (Lipinski definition) is 2. The highest BCUT2D eigenvalue weighted by molar-refractivity contribution is 5.85. The molecule has 1 unspecified atom stereocenters. The second kappa shape index (κ2) is 7.28. The Morgan fingerprint density at radius 1 is 1.14 bits per heavy atom.